The van der Waals surface area contributed by atoms with Gasteiger partial charge in [0.15, 0.2) is 0 Å². The molecule has 0 aromatic rings. The Bertz CT molecular complexity index is 293. The van der Waals surface area contributed by atoms with Crippen LogP contribution in [-0.2, 0) is 19.1 Å². The van der Waals surface area contributed by atoms with Gasteiger partial charge in [-0.1, -0.05) is 0 Å². The first-order valence-corrected chi connectivity index (χ1v) is 6.50. The van der Waals surface area contributed by atoms with Gasteiger partial charge < -0.3 is 25.4 Å². The zero-order chi connectivity index (χ0) is 14.1. The highest BCUT2D eigenvalue weighted by atomic mass is 16.5. The van der Waals surface area contributed by atoms with Crippen LogP contribution in [0, 0.1) is 0 Å². The minimum Gasteiger partial charge on any atom is -0.382 e. The summed E-state index contributed by atoms with van der Waals surface area (Å²) in [5.74, 6) is -0.709. The normalized spacial score (nSPS) is 19.1. The second-order valence-corrected chi connectivity index (χ2v) is 4.53. The molecular weight excluding hydrogens is 250 g/mol. The van der Waals surface area contributed by atoms with Gasteiger partial charge in [0.25, 0.3) is 0 Å². The van der Waals surface area contributed by atoms with E-state index in [1.165, 1.54) is 4.90 Å². The van der Waals surface area contributed by atoms with E-state index in [1.807, 2.05) is 0 Å². The van der Waals surface area contributed by atoms with Gasteiger partial charge in [-0.15, -0.1) is 0 Å². The number of primary amides is 1. The molecule has 0 bridgehead atoms. The molecule has 1 aliphatic rings. The summed E-state index contributed by atoms with van der Waals surface area (Å²) in [6.45, 7) is 2.33. The number of methoxy groups -OCH3 is 1. The van der Waals surface area contributed by atoms with E-state index in [9.17, 15) is 9.59 Å². The lowest BCUT2D eigenvalue weighted by Crippen LogP contribution is -2.52. The van der Waals surface area contributed by atoms with Crippen molar-refractivity contribution >= 4 is 11.8 Å². The summed E-state index contributed by atoms with van der Waals surface area (Å²) in [7, 11) is 1.57. The van der Waals surface area contributed by atoms with Crippen LogP contribution in [0.2, 0.25) is 0 Å². The molecule has 0 aliphatic carbocycles. The number of rotatable bonds is 8. The maximum Gasteiger partial charge on any atom is 0.249 e. The molecule has 0 saturated carbocycles. The first-order chi connectivity index (χ1) is 9.15. The fraction of sp³-hybridized carbons (Fsp3) is 0.833. The summed E-state index contributed by atoms with van der Waals surface area (Å²) in [5, 5.41) is 3.21. The number of carbonyl (C=O) groups is 2. The zero-order valence-electron chi connectivity index (χ0n) is 11.4. The van der Waals surface area contributed by atoms with Crippen molar-refractivity contribution in [2.24, 2.45) is 5.73 Å². The average Bonchev–Trinajstić information content (AvgIpc) is 2.41. The van der Waals surface area contributed by atoms with Gasteiger partial charge in [0.1, 0.15) is 6.61 Å². The number of amides is 2. The Morgan fingerprint density at radius 1 is 1.42 bits per heavy atom. The molecule has 1 saturated heterocycles. The van der Waals surface area contributed by atoms with Crippen molar-refractivity contribution in [3.63, 3.8) is 0 Å². The molecule has 7 nitrogen and oxygen atoms in total. The molecule has 110 valence electrons. The van der Waals surface area contributed by atoms with Crippen molar-refractivity contribution < 1.29 is 19.1 Å². The Kier molecular flexibility index (Phi) is 7.39. The number of piperidine rings is 1. The van der Waals surface area contributed by atoms with E-state index in [0.29, 0.717) is 19.8 Å². The molecule has 1 unspecified atom stereocenters. The largest absolute Gasteiger partial charge is 0.382 e. The lowest BCUT2D eigenvalue weighted by atomic mass is 10.1. The van der Waals surface area contributed by atoms with Crippen molar-refractivity contribution in [1.82, 2.24) is 10.2 Å². The molecule has 2 amide bonds. The van der Waals surface area contributed by atoms with Gasteiger partial charge in [0.05, 0.1) is 19.8 Å². The number of nitrogens with two attached hydrogens (primary N) is 1. The topological polar surface area (TPSA) is 93.9 Å². The van der Waals surface area contributed by atoms with E-state index in [0.717, 1.165) is 19.4 Å². The molecule has 19 heavy (non-hydrogen) atoms. The van der Waals surface area contributed by atoms with Crippen LogP contribution in [0.5, 0.6) is 0 Å². The predicted molar refractivity (Wildman–Crippen MR) is 69.5 cm³/mol. The van der Waals surface area contributed by atoms with Crippen LogP contribution in [0.1, 0.15) is 12.8 Å². The van der Waals surface area contributed by atoms with Crippen molar-refractivity contribution in [3.05, 3.63) is 0 Å². The fourth-order valence-electron chi connectivity index (χ4n) is 2.07. The van der Waals surface area contributed by atoms with Crippen LogP contribution < -0.4 is 11.1 Å². The van der Waals surface area contributed by atoms with Crippen LogP contribution in [-0.4, -0.2) is 69.3 Å². The van der Waals surface area contributed by atoms with E-state index in [4.69, 9.17) is 15.2 Å². The highest BCUT2D eigenvalue weighted by Crippen LogP contribution is 2.10. The average molecular weight is 273 g/mol. The minimum atomic E-state index is -0.504. The molecule has 0 aromatic carbocycles. The summed E-state index contributed by atoms with van der Waals surface area (Å²) >= 11 is 0. The number of hydrogen-bond donors (Lipinski definition) is 2. The lowest BCUT2D eigenvalue weighted by molar-refractivity contribution is -0.142. The summed E-state index contributed by atoms with van der Waals surface area (Å²) in [4.78, 5) is 24.7. The van der Waals surface area contributed by atoms with Crippen molar-refractivity contribution in [2.45, 2.75) is 18.9 Å². The Balaban J connectivity index is 2.46. The van der Waals surface area contributed by atoms with E-state index in [1.54, 1.807) is 7.11 Å². The van der Waals surface area contributed by atoms with Gasteiger partial charge >= 0.3 is 0 Å². The van der Waals surface area contributed by atoms with E-state index < -0.39 is 5.91 Å². The first kappa shape index (κ1) is 15.9. The molecule has 0 spiro atoms. The Hall–Kier alpha value is -1.18. The quantitative estimate of drug-likeness (QED) is 0.537. The van der Waals surface area contributed by atoms with Crippen molar-refractivity contribution in [1.29, 1.82) is 0 Å². The number of ether oxygens (including phenoxy) is 2. The van der Waals surface area contributed by atoms with Crippen LogP contribution in [0.3, 0.4) is 0 Å². The molecule has 1 rings (SSSR count). The second-order valence-electron chi connectivity index (χ2n) is 4.53. The van der Waals surface area contributed by atoms with E-state index in [2.05, 4.69) is 5.32 Å². The maximum atomic E-state index is 12.1. The standard InChI is InChI=1S/C12H23N3O4/c1-18-5-6-19-9-12(17)15(8-11(13)16)10-3-2-4-14-7-10/h10,14H,2-9H2,1H3,(H2,13,16). The highest BCUT2D eigenvalue weighted by molar-refractivity contribution is 5.84. The van der Waals surface area contributed by atoms with Gasteiger partial charge in [-0.05, 0) is 19.4 Å². The molecule has 1 aliphatic heterocycles. The Morgan fingerprint density at radius 3 is 2.79 bits per heavy atom. The fourth-order valence-corrected chi connectivity index (χ4v) is 2.07. The maximum absolute atomic E-state index is 12.1. The third kappa shape index (κ3) is 6.00. The Labute approximate surface area is 113 Å². The van der Waals surface area contributed by atoms with Crippen molar-refractivity contribution in [2.75, 3.05) is 46.6 Å². The molecule has 1 fully saturated rings. The number of nitrogens with zero attached hydrogens (tertiary/aromatic N) is 1. The van der Waals surface area contributed by atoms with Crippen LogP contribution in [0.4, 0.5) is 0 Å². The first-order valence-electron chi connectivity index (χ1n) is 6.50. The zero-order valence-corrected chi connectivity index (χ0v) is 11.4. The molecule has 1 heterocycles. The second kappa shape index (κ2) is 8.84. The third-order valence-electron chi connectivity index (χ3n) is 3.02. The smallest absolute Gasteiger partial charge is 0.249 e. The SMILES string of the molecule is COCCOCC(=O)N(CC(N)=O)C1CCCNC1. The molecule has 3 N–H and O–H groups in total. The molecular formula is C12H23N3O4. The van der Waals surface area contributed by atoms with Gasteiger partial charge in [-0.2, -0.15) is 0 Å². The lowest BCUT2D eigenvalue weighted by Gasteiger charge is -2.33. The summed E-state index contributed by atoms with van der Waals surface area (Å²) in [6, 6.07) is 0.0137. The van der Waals surface area contributed by atoms with E-state index in [-0.39, 0.29) is 25.1 Å². The third-order valence-corrected chi connectivity index (χ3v) is 3.02. The van der Waals surface area contributed by atoms with Gasteiger partial charge in [-0.25, -0.2) is 0 Å². The molecule has 1 atom stereocenters. The molecule has 0 aromatic heterocycles. The van der Waals surface area contributed by atoms with Gasteiger partial charge in [-0.3, -0.25) is 9.59 Å². The predicted octanol–water partition coefficient (Wildman–Crippen LogP) is -1.28. The van der Waals surface area contributed by atoms with Crippen LogP contribution >= 0.6 is 0 Å². The van der Waals surface area contributed by atoms with Crippen LogP contribution in [0.25, 0.3) is 0 Å². The summed E-state index contributed by atoms with van der Waals surface area (Å²) in [6.07, 6.45) is 1.86. The van der Waals surface area contributed by atoms with E-state index >= 15 is 0 Å². The van der Waals surface area contributed by atoms with Gasteiger partial charge in [0, 0.05) is 19.7 Å². The Morgan fingerprint density at radius 2 is 2.21 bits per heavy atom. The van der Waals surface area contributed by atoms with Gasteiger partial charge in [0.2, 0.25) is 11.8 Å². The number of hydrogen-bond acceptors (Lipinski definition) is 5. The van der Waals surface area contributed by atoms with Crippen molar-refractivity contribution in [3.8, 4) is 0 Å². The summed E-state index contributed by atoms with van der Waals surface area (Å²) in [5.41, 5.74) is 5.20. The highest BCUT2D eigenvalue weighted by Gasteiger charge is 2.26. The number of carbonyl (C=O) groups excluding carboxylic acids is 2. The molecule has 7 heteroatoms. The molecule has 0 radical (unpaired) electrons. The van der Waals surface area contributed by atoms with Crippen LogP contribution in [0.15, 0.2) is 0 Å². The number of nitrogens with one attached hydrogen (secondary N) is 1. The monoisotopic (exact) mass is 273 g/mol. The minimum absolute atomic E-state index is 0.0137. The summed E-state index contributed by atoms with van der Waals surface area (Å²) < 4.78 is 10.0.